The molecule has 0 bridgehead atoms. The van der Waals surface area contributed by atoms with E-state index in [0.717, 1.165) is 101 Å². The number of benzene rings is 4. The largest absolute Gasteiger partial charge is 0.306 e. The van der Waals surface area contributed by atoms with Gasteiger partial charge in [0.05, 0.1) is 44.8 Å². The highest BCUT2D eigenvalue weighted by Crippen LogP contribution is 2.37. The summed E-state index contributed by atoms with van der Waals surface area (Å²) in [6.07, 6.45) is 3.67. The molecule has 0 amide bonds. The summed E-state index contributed by atoms with van der Waals surface area (Å²) in [6.45, 7) is 0. The van der Waals surface area contributed by atoms with Crippen LogP contribution in [0.15, 0.2) is 188 Å². The average Bonchev–Trinajstić information content (AvgIpc) is 3.78. The Morgan fingerprint density at radius 3 is 1.09 bits per heavy atom. The van der Waals surface area contributed by atoms with Crippen LogP contribution in [0.3, 0.4) is 0 Å². The summed E-state index contributed by atoms with van der Waals surface area (Å²) >= 11 is 0. The molecular formula is C49H31N7. The Balaban J connectivity index is 1.04. The predicted octanol–water partition coefficient (Wildman–Crippen LogP) is 11.5. The van der Waals surface area contributed by atoms with Crippen LogP contribution in [0.1, 0.15) is 0 Å². The molecule has 262 valence electrons. The maximum atomic E-state index is 5.35. The highest BCUT2D eigenvalue weighted by Gasteiger charge is 2.21. The van der Waals surface area contributed by atoms with Gasteiger partial charge in [0.2, 0.25) is 0 Å². The van der Waals surface area contributed by atoms with Gasteiger partial charge < -0.3 is 9.13 Å². The molecule has 7 nitrogen and oxygen atoms in total. The highest BCUT2D eigenvalue weighted by atomic mass is 15.1. The molecular weight excluding hydrogens is 687 g/mol. The second-order valence-corrected chi connectivity index (χ2v) is 13.8. The lowest BCUT2D eigenvalue weighted by atomic mass is 10.1. The zero-order chi connectivity index (χ0) is 37.0. The molecule has 0 saturated carbocycles. The van der Waals surface area contributed by atoms with Crippen molar-refractivity contribution < 1.29 is 0 Å². The Morgan fingerprint density at radius 2 is 0.679 bits per heavy atom. The molecule has 0 aliphatic rings. The van der Waals surface area contributed by atoms with Crippen LogP contribution >= 0.6 is 0 Å². The van der Waals surface area contributed by atoms with Gasteiger partial charge in [-0.1, -0.05) is 97.1 Å². The average molecular weight is 718 g/mol. The van der Waals surface area contributed by atoms with Crippen molar-refractivity contribution in [3.05, 3.63) is 188 Å². The van der Waals surface area contributed by atoms with Gasteiger partial charge in [-0.15, -0.1) is 0 Å². The monoisotopic (exact) mass is 717 g/mol. The SMILES string of the molecule is c1ccc(-c2cccc(-c3ccc(-n4c5cccnc5c5nc6c7ncccc7n(-c7ccc(-c8cccc(-c9ccccc9)n8)cc7)c6cc54)cc3)n2)cc1. The summed E-state index contributed by atoms with van der Waals surface area (Å²) in [5.74, 6) is 0. The van der Waals surface area contributed by atoms with E-state index in [1.807, 2.05) is 60.9 Å². The molecule has 7 heterocycles. The van der Waals surface area contributed by atoms with Crippen LogP contribution in [0.5, 0.6) is 0 Å². The first-order valence-corrected chi connectivity index (χ1v) is 18.6. The van der Waals surface area contributed by atoms with Crippen molar-refractivity contribution in [2.45, 2.75) is 0 Å². The summed E-state index contributed by atoms with van der Waals surface area (Å²) in [4.78, 5) is 25.0. The smallest absolute Gasteiger partial charge is 0.116 e. The molecule has 11 aromatic rings. The Kier molecular flexibility index (Phi) is 7.35. The third kappa shape index (κ3) is 5.25. The topological polar surface area (TPSA) is 74.3 Å². The van der Waals surface area contributed by atoms with Gasteiger partial charge in [0, 0.05) is 46.0 Å². The summed E-state index contributed by atoms with van der Waals surface area (Å²) < 4.78 is 4.51. The van der Waals surface area contributed by atoms with Crippen molar-refractivity contribution in [3.63, 3.8) is 0 Å². The molecule has 56 heavy (non-hydrogen) atoms. The molecule has 0 spiro atoms. The van der Waals surface area contributed by atoms with Crippen molar-refractivity contribution in [2.75, 3.05) is 0 Å². The minimum Gasteiger partial charge on any atom is -0.306 e. The quantitative estimate of drug-likeness (QED) is 0.171. The third-order valence-corrected chi connectivity index (χ3v) is 10.4. The van der Waals surface area contributed by atoms with Gasteiger partial charge in [-0.2, -0.15) is 0 Å². The van der Waals surface area contributed by atoms with Gasteiger partial charge in [0.15, 0.2) is 0 Å². The molecule has 0 saturated heterocycles. The maximum Gasteiger partial charge on any atom is 0.116 e. The molecule has 0 aliphatic heterocycles. The number of rotatable bonds is 6. The van der Waals surface area contributed by atoms with E-state index >= 15 is 0 Å². The molecule has 0 aliphatic carbocycles. The molecule has 0 atom stereocenters. The van der Waals surface area contributed by atoms with Crippen LogP contribution in [-0.2, 0) is 0 Å². The van der Waals surface area contributed by atoms with E-state index in [-0.39, 0.29) is 0 Å². The second kappa shape index (κ2) is 13.0. The van der Waals surface area contributed by atoms with Crippen LogP contribution in [0.4, 0.5) is 0 Å². The van der Waals surface area contributed by atoms with Gasteiger partial charge in [-0.25, -0.2) is 15.0 Å². The molecule has 0 radical (unpaired) electrons. The van der Waals surface area contributed by atoms with Crippen molar-refractivity contribution in [1.82, 2.24) is 34.1 Å². The zero-order valence-corrected chi connectivity index (χ0v) is 30.0. The Labute approximate surface area is 321 Å². The van der Waals surface area contributed by atoms with E-state index in [4.69, 9.17) is 24.9 Å². The van der Waals surface area contributed by atoms with Gasteiger partial charge in [-0.3, -0.25) is 9.97 Å². The minimum absolute atomic E-state index is 0.832. The van der Waals surface area contributed by atoms with E-state index in [1.54, 1.807) is 0 Å². The van der Waals surface area contributed by atoms with E-state index < -0.39 is 0 Å². The summed E-state index contributed by atoms with van der Waals surface area (Å²) in [5.41, 5.74) is 17.3. The fourth-order valence-corrected chi connectivity index (χ4v) is 7.81. The summed E-state index contributed by atoms with van der Waals surface area (Å²) in [7, 11) is 0. The lowest BCUT2D eigenvalue weighted by Gasteiger charge is -2.11. The van der Waals surface area contributed by atoms with E-state index in [1.165, 1.54) is 0 Å². The van der Waals surface area contributed by atoms with Crippen molar-refractivity contribution >= 4 is 44.1 Å². The van der Waals surface area contributed by atoms with Crippen molar-refractivity contribution in [1.29, 1.82) is 0 Å². The van der Waals surface area contributed by atoms with Gasteiger partial charge in [-0.05, 0) is 78.9 Å². The Bertz CT molecular complexity index is 3010. The molecule has 4 aromatic carbocycles. The van der Waals surface area contributed by atoms with Crippen LogP contribution < -0.4 is 0 Å². The first-order valence-electron chi connectivity index (χ1n) is 18.6. The Morgan fingerprint density at radius 1 is 0.286 bits per heavy atom. The molecule has 7 aromatic heterocycles. The first-order chi connectivity index (χ1) is 27.8. The maximum absolute atomic E-state index is 5.35. The number of pyridine rings is 5. The van der Waals surface area contributed by atoms with Crippen LogP contribution in [0.25, 0.3) is 101 Å². The number of hydrogen-bond donors (Lipinski definition) is 0. The van der Waals surface area contributed by atoms with Crippen LogP contribution in [0.2, 0.25) is 0 Å². The normalized spacial score (nSPS) is 11.6. The van der Waals surface area contributed by atoms with E-state index in [0.29, 0.717) is 0 Å². The van der Waals surface area contributed by atoms with Gasteiger partial charge in [0.1, 0.15) is 22.1 Å². The van der Waals surface area contributed by atoms with Crippen LogP contribution in [0, 0.1) is 0 Å². The van der Waals surface area contributed by atoms with Crippen molar-refractivity contribution in [3.8, 4) is 56.4 Å². The molecule has 0 N–H and O–H groups in total. The summed E-state index contributed by atoms with van der Waals surface area (Å²) in [6, 6.07) is 60.5. The number of nitrogens with zero attached hydrogens (tertiary/aromatic N) is 7. The molecule has 7 heteroatoms. The fraction of sp³-hybridized carbons (Fsp3) is 0. The zero-order valence-electron chi connectivity index (χ0n) is 30.0. The second-order valence-electron chi connectivity index (χ2n) is 13.8. The number of aromatic nitrogens is 7. The predicted molar refractivity (Wildman–Crippen MR) is 226 cm³/mol. The summed E-state index contributed by atoms with van der Waals surface area (Å²) in [5, 5.41) is 0. The number of hydrogen-bond acceptors (Lipinski definition) is 5. The van der Waals surface area contributed by atoms with E-state index in [2.05, 4.69) is 137 Å². The minimum atomic E-state index is 0.832. The molecule has 0 fully saturated rings. The molecule has 11 rings (SSSR count). The van der Waals surface area contributed by atoms with Crippen LogP contribution in [-0.4, -0.2) is 34.1 Å². The van der Waals surface area contributed by atoms with Gasteiger partial charge in [0.25, 0.3) is 0 Å². The number of fused-ring (bicyclic) bond motifs is 6. The van der Waals surface area contributed by atoms with E-state index in [9.17, 15) is 0 Å². The van der Waals surface area contributed by atoms with Crippen molar-refractivity contribution in [2.24, 2.45) is 0 Å². The molecule has 0 unspecified atom stereocenters. The fourth-order valence-electron chi connectivity index (χ4n) is 7.81. The Hall–Kier alpha value is -7.77. The lowest BCUT2D eigenvalue weighted by Crippen LogP contribution is -1.97. The van der Waals surface area contributed by atoms with Gasteiger partial charge >= 0.3 is 0 Å². The first kappa shape index (κ1) is 31.7. The highest BCUT2D eigenvalue weighted by molar-refractivity contribution is 6.13. The lowest BCUT2D eigenvalue weighted by molar-refractivity contribution is 1.16. The standard InChI is InChI=1S/C49H31N7/c1-3-11-32(12-4-1)38-15-7-17-40(52-38)34-21-25-36(26-22-34)55-42-19-9-29-50-46(42)48-44(55)31-45-49(54-48)47-43(20-10-30-51-47)56(45)37-27-23-35(24-28-37)41-18-8-16-39(53-41)33-13-5-2-6-14-33/h1-31H. The third-order valence-electron chi connectivity index (χ3n) is 10.4.